The minimum Gasteiger partial charge on any atom is -0.504 e. The van der Waals surface area contributed by atoms with Gasteiger partial charge >= 0.3 is 0 Å². The number of aliphatic imine (C=N–C) groups is 1. The van der Waals surface area contributed by atoms with E-state index in [1.165, 1.54) is 12.2 Å². The van der Waals surface area contributed by atoms with Crippen LogP contribution in [-0.2, 0) is 14.4 Å². The molecule has 5 heterocycles. The number of hydrogen-bond acceptors (Lipinski definition) is 6. The molecule has 8 heteroatoms. The Hall–Kier alpha value is -4.20. The molecule has 2 aromatic heterocycles. The van der Waals surface area contributed by atoms with Crippen molar-refractivity contribution in [1.82, 2.24) is 15.3 Å². The highest BCUT2D eigenvalue weighted by atomic mass is 16.3. The van der Waals surface area contributed by atoms with Crippen molar-refractivity contribution in [3.05, 3.63) is 75.3 Å². The van der Waals surface area contributed by atoms with E-state index in [0.717, 1.165) is 16.4 Å². The van der Waals surface area contributed by atoms with Crippen molar-refractivity contribution in [3.8, 4) is 0 Å². The molecule has 28 heavy (non-hydrogen) atoms. The Labute approximate surface area is 157 Å². The first-order valence-corrected chi connectivity index (χ1v) is 8.41. The van der Waals surface area contributed by atoms with Crippen molar-refractivity contribution in [2.75, 3.05) is 0 Å². The summed E-state index contributed by atoms with van der Waals surface area (Å²) in [4.78, 5) is 47.1. The first-order chi connectivity index (χ1) is 13.5. The van der Waals surface area contributed by atoms with Crippen molar-refractivity contribution in [2.24, 2.45) is 4.99 Å². The van der Waals surface area contributed by atoms with Crippen molar-refractivity contribution in [2.45, 2.75) is 0 Å². The standard InChI is InChI=1S/C20H12N4O4/c25-15-8-13-6-11-2-1-9(21-11)5-10-3-4-12(22-10)7-14-18(26)20(28)17(24-14)19(27)16(15)23-13/h1-8,21-23,27H. The summed E-state index contributed by atoms with van der Waals surface area (Å²) in [6.07, 6.45) is 6.29. The lowest BCUT2D eigenvalue weighted by Crippen LogP contribution is -2.24. The molecule has 8 bridgehead atoms. The van der Waals surface area contributed by atoms with Crippen LogP contribution in [0.25, 0.3) is 18.2 Å². The van der Waals surface area contributed by atoms with Gasteiger partial charge in [0.2, 0.25) is 5.78 Å². The number of aliphatic hydroxyl groups is 1. The Kier molecular flexibility index (Phi) is 3.23. The van der Waals surface area contributed by atoms with Gasteiger partial charge in [-0.25, -0.2) is 4.99 Å². The number of nitrogens with one attached hydrogen (secondary N) is 3. The fourth-order valence-electron chi connectivity index (χ4n) is 3.21. The molecule has 136 valence electrons. The summed E-state index contributed by atoms with van der Waals surface area (Å²) >= 11 is 0. The summed E-state index contributed by atoms with van der Waals surface area (Å²) in [5.41, 5.74) is 1.03. The topological polar surface area (TPSA) is 127 Å². The number of aromatic amines is 2. The number of Topliss-reactive ketones (excluding diaryl/α,β-unsaturated/α-hetero) is 2. The Morgan fingerprint density at radius 3 is 2.29 bits per heavy atom. The Morgan fingerprint density at radius 1 is 0.786 bits per heavy atom. The average Bonchev–Trinajstić information content (AvgIpc) is 3.42. The Morgan fingerprint density at radius 2 is 1.50 bits per heavy atom. The molecular formula is C20H12N4O4. The number of aliphatic hydroxyl groups excluding tert-OH is 1. The maximum atomic E-state index is 12.3. The molecule has 3 aliphatic heterocycles. The maximum absolute atomic E-state index is 12.3. The number of carbonyl (C=O) groups excluding carboxylic acids is 3. The van der Waals surface area contributed by atoms with Crippen LogP contribution in [0.5, 0.6) is 0 Å². The third-order valence-electron chi connectivity index (χ3n) is 4.53. The largest absolute Gasteiger partial charge is 0.504 e. The van der Waals surface area contributed by atoms with E-state index >= 15 is 0 Å². The number of ketones is 3. The van der Waals surface area contributed by atoms with Crippen molar-refractivity contribution >= 4 is 41.3 Å². The zero-order chi connectivity index (χ0) is 19.4. The van der Waals surface area contributed by atoms with Crippen LogP contribution in [-0.4, -0.2) is 38.1 Å². The second kappa shape index (κ2) is 5.65. The summed E-state index contributed by atoms with van der Waals surface area (Å²) in [6.45, 7) is 0. The SMILES string of the molecule is O=C1C=C2C=c3ccc([nH]3)=Cc3ccc([nH]3)C=C3N=C(C(=O)C3=O)C(O)=C1N2. The van der Waals surface area contributed by atoms with E-state index in [9.17, 15) is 19.5 Å². The van der Waals surface area contributed by atoms with E-state index in [1.807, 2.05) is 24.3 Å². The van der Waals surface area contributed by atoms with Gasteiger partial charge in [-0.3, -0.25) is 14.4 Å². The zero-order valence-corrected chi connectivity index (χ0v) is 14.2. The number of aromatic nitrogens is 2. The Bertz CT molecular complexity index is 1340. The van der Waals surface area contributed by atoms with Crippen LogP contribution in [0.4, 0.5) is 0 Å². The quantitative estimate of drug-likeness (QED) is 0.473. The van der Waals surface area contributed by atoms with Crippen LogP contribution in [0.15, 0.2) is 58.2 Å². The van der Waals surface area contributed by atoms with Crippen molar-refractivity contribution in [1.29, 1.82) is 0 Å². The molecule has 0 atom stereocenters. The molecule has 0 spiro atoms. The zero-order valence-electron chi connectivity index (χ0n) is 14.2. The van der Waals surface area contributed by atoms with Crippen LogP contribution in [0, 0.1) is 0 Å². The molecule has 0 aliphatic carbocycles. The van der Waals surface area contributed by atoms with Crippen LogP contribution < -0.4 is 16.0 Å². The van der Waals surface area contributed by atoms with Gasteiger partial charge in [-0.2, -0.15) is 0 Å². The van der Waals surface area contributed by atoms with Gasteiger partial charge < -0.3 is 20.4 Å². The minimum absolute atomic E-state index is 0.111. The number of hydrogen-bond donors (Lipinski definition) is 4. The predicted octanol–water partition coefficient (Wildman–Crippen LogP) is -0.275. The highest BCUT2D eigenvalue weighted by Crippen LogP contribution is 2.21. The van der Waals surface area contributed by atoms with Crippen LogP contribution >= 0.6 is 0 Å². The van der Waals surface area contributed by atoms with Gasteiger partial charge in [0.1, 0.15) is 11.4 Å². The van der Waals surface area contributed by atoms with Crippen molar-refractivity contribution < 1.29 is 19.5 Å². The number of carbonyl (C=O) groups is 3. The van der Waals surface area contributed by atoms with E-state index in [-0.39, 0.29) is 11.4 Å². The first-order valence-electron chi connectivity index (χ1n) is 8.41. The molecule has 2 aromatic rings. The third-order valence-corrected chi connectivity index (χ3v) is 4.53. The third kappa shape index (κ3) is 2.47. The highest BCUT2D eigenvalue weighted by Gasteiger charge is 2.36. The van der Waals surface area contributed by atoms with Gasteiger partial charge in [-0.15, -0.1) is 0 Å². The average molecular weight is 372 g/mol. The lowest BCUT2D eigenvalue weighted by Gasteiger charge is -2.04. The normalized spacial score (nSPS) is 18.3. The van der Waals surface area contributed by atoms with Gasteiger partial charge in [-0.1, -0.05) is 0 Å². The van der Waals surface area contributed by atoms with Gasteiger partial charge in [0, 0.05) is 33.9 Å². The van der Waals surface area contributed by atoms with Gasteiger partial charge in [-0.05, 0) is 42.5 Å². The molecule has 0 fully saturated rings. The summed E-state index contributed by atoms with van der Waals surface area (Å²) < 4.78 is 0. The molecule has 0 radical (unpaired) electrons. The monoisotopic (exact) mass is 372 g/mol. The molecule has 0 amide bonds. The fourth-order valence-corrected chi connectivity index (χ4v) is 3.21. The molecule has 8 nitrogen and oxygen atoms in total. The lowest BCUT2D eigenvalue weighted by molar-refractivity contribution is -0.129. The van der Waals surface area contributed by atoms with Gasteiger partial charge in [0.25, 0.3) is 11.6 Å². The number of fused-ring (bicyclic) bond motifs is 7. The smallest absolute Gasteiger partial charge is 0.257 e. The maximum Gasteiger partial charge on any atom is 0.257 e. The summed E-state index contributed by atoms with van der Waals surface area (Å²) in [5.74, 6) is -2.96. The summed E-state index contributed by atoms with van der Waals surface area (Å²) in [7, 11) is 0. The molecule has 3 aliphatic rings. The first kappa shape index (κ1) is 16.0. The molecule has 0 unspecified atom stereocenters. The predicted molar refractivity (Wildman–Crippen MR) is 100 cm³/mol. The fraction of sp³-hybridized carbons (Fsp3) is 0. The summed E-state index contributed by atoms with van der Waals surface area (Å²) in [5, 5.41) is 14.8. The van der Waals surface area contributed by atoms with Crippen molar-refractivity contribution in [3.63, 3.8) is 0 Å². The molecule has 0 saturated carbocycles. The highest BCUT2D eigenvalue weighted by molar-refractivity contribution is 6.74. The van der Waals surface area contributed by atoms with E-state index in [4.69, 9.17) is 0 Å². The van der Waals surface area contributed by atoms with Gasteiger partial charge in [0.15, 0.2) is 11.5 Å². The lowest BCUT2D eigenvalue weighted by atomic mass is 10.1. The number of allylic oxidation sites excluding steroid dienone is 4. The minimum atomic E-state index is -0.959. The van der Waals surface area contributed by atoms with E-state index in [0.29, 0.717) is 11.4 Å². The molecular weight excluding hydrogens is 360 g/mol. The van der Waals surface area contributed by atoms with Crippen LogP contribution in [0.3, 0.4) is 0 Å². The number of nitrogens with zero attached hydrogens (tertiary/aromatic N) is 1. The number of H-pyrrole nitrogens is 2. The summed E-state index contributed by atoms with van der Waals surface area (Å²) in [6, 6.07) is 7.29. The van der Waals surface area contributed by atoms with Crippen LogP contribution in [0.2, 0.25) is 0 Å². The Balaban J connectivity index is 1.76. The second-order valence-corrected chi connectivity index (χ2v) is 6.49. The molecule has 0 saturated heterocycles. The number of rotatable bonds is 0. The molecule has 5 rings (SSSR count). The molecule has 4 N–H and O–H groups in total. The van der Waals surface area contributed by atoms with E-state index in [2.05, 4.69) is 20.3 Å². The van der Waals surface area contributed by atoms with E-state index < -0.39 is 28.8 Å². The van der Waals surface area contributed by atoms with E-state index in [1.54, 1.807) is 12.1 Å². The van der Waals surface area contributed by atoms with Crippen LogP contribution in [0.1, 0.15) is 11.4 Å². The molecule has 0 aromatic carbocycles. The second-order valence-electron chi connectivity index (χ2n) is 6.49. The van der Waals surface area contributed by atoms with Gasteiger partial charge in [0.05, 0.1) is 0 Å².